The minimum atomic E-state index is 0.395. The number of rotatable bonds is 3. The highest BCUT2D eigenvalue weighted by Gasteiger charge is 2.06. The minimum Gasteiger partial charge on any atom is -0.339 e. The number of hydrogen-bond acceptors (Lipinski definition) is 6. The summed E-state index contributed by atoms with van der Waals surface area (Å²) in [4.78, 5) is 8.64. The molecule has 90 valence electrons. The summed E-state index contributed by atoms with van der Waals surface area (Å²) < 4.78 is 0. The summed E-state index contributed by atoms with van der Waals surface area (Å²) >= 11 is 1.63. The molecule has 0 spiro atoms. The lowest BCUT2D eigenvalue weighted by Gasteiger charge is -2.09. The van der Waals surface area contributed by atoms with E-state index in [1.54, 1.807) is 11.3 Å². The van der Waals surface area contributed by atoms with Gasteiger partial charge in [0.15, 0.2) is 0 Å². The molecule has 18 heavy (non-hydrogen) atoms. The van der Waals surface area contributed by atoms with Crippen LogP contribution in [0.15, 0.2) is 41.1 Å². The van der Waals surface area contributed by atoms with Crippen LogP contribution in [-0.4, -0.2) is 9.97 Å². The summed E-state index contributed by atoms with van der Waals surface area (Å²) in [6.45, 7) is 0. The van der Waals surface area contributed by atoms with Crippen LogP contribution in [0, 0.1) is 0 Å². The third kappa shape index (κ3) is 1.99. The maximum absolute atomic E-state index is 5.38. The van der Waals surface area contributed by atoms with Crippen LogP contribution in [0.2, 0.25) is 0 Å². The number of nitrogens with two attached hydrogens (primary N) is 1. The van der Waals surface area contributed by atoms with Gasteiger partial charge >= 0.3 is 0 Å². The number of hydrazine groups is 1. The van der Waals surface area contributed by atoms with Crippen molar-refractivity contribution in [3.05, 3.63) is 41.1 Å². The zero-order valence-electron chi connectivity index (χ0n) is 9.42. The molecule has 1 aromatic carbocycles. The highest BCUT2D eigenvalue weighted by molar-refractivity contribution is 7.08. The van der Waals surface area contributed by atoms with Gasteiger partial charge < -0.3 is 5.32 Å². The molecule has 6 heteroatoms. The highest BCUT2D eigenvalue weighted by Crippen LogP contribution is 2.25. The van der Waals surface area contributed by atoms with E-state index >= 15 is 0 Å². The van der Waals surface area contributed by atoms with Crippen molar-refractivity contribution in [3.63, 3.8) is 0 Å². The number of fused-ring (bicyclic) bond motifs is 1. The Morgan fingerprint density at radius 1 is 1.11 bits per heavy atom. The van der Waals surface area contributed by atoms with Gasteiger partial charge in [0.25, 0.3) is 0 Å². The first-order valence-corrected chi connectivity index (χ1v) is 6.34. The fraction of sp³-hybridized carbons (Fsp3) is 0. The molecular weight excluding hydrogens is 246 g/mol. The highest BCUT2D eigenvalue weighted by atomic mass is 32.1. The van der Waals surface area contributed by atoms with Crippen LogP contribution in [0.3, 0.4) is 0 Å². The van der Waals surface area contributed by atoms with E-state index in [-0.39, 0.29) is 0 Å². The van der Waals surface area contributed by atoms with Crippen molar-refractivity contribution in [2.45, 2.75) is 0 Å². The van der Waals surface area contributed by atoms with Gasteiger partial charge in [0.05, 0.1) is 11.2 Å². The molecule has 3 aromatic rings. The zero-order valence-corrected chi connectivity index (χ0v) is 10.2. The van der Waals surface area contributed by atoms with Crippen molar-refractivity contribution in [2.24, 2.45) is 5.84 Å². The molecule has 0 bridgehead atoms. The van der Waals surface area contributed by atoms with Crippen molar-refractivity contribution < 1.29 is 0 Å². The number of nitrogens with zero attached hydrogens (tertiary/aromatic N) is 2. The molecule has 0 saturated heterocycles. The third-order valence-electron chi connectivity index (χ3n) is 2.52. The number of nitrogen functional groups attached to an aromatic ring is 1. The van der Waals surface area contributed by atoms with Crippen molar-refractivity contribution in [2.75, 3.05) is 10.7 Å². The molecule has 2 aromatic heterocycles. The summed E-state index contributed by atoms with van der Waals surface area (Å²) in [5, 5.41) is 8.25. The molecular formula is C12H11N5S. The van der Waals surface area contributed by atoms with Crippen LogP contribution in [0.1, 0.15) is 0 Å². The van der Waals surface area contributed by atoms with Crippen molar-refractivity contribution >= 4 is 39.7 Å². The number of benzene rings is 1. The van der Waals surface area contributed by atoms with E-state index in [4.69, 9.17) is 5.84 Å². The molecule has 4 N–H and O–H groups in total. The quantitative estimate of drug-likeness (QED) is 0.497. The number of anilines is 3. The van der Waals surface area contributed by atoms with E-state index in [1.807, 2.05) is 41.1 Å². The predicted molar refractivity (Wildman–Crippen MR) is 74.9 cm³/mol. The largest absolute Gasteiger partial charge is 0.339 e. The van der Waals surface area contributed by atoms with E-state index in [2.05, 4.69) is 20.7 Å². The van der Waals surface area contributed by atoms with E-state index in [0.29, 0.717) is 5.95 Å². The van der Waals surface area contributed by atoms with Crippen LogP contribution in [0.4, 0.5) is 17.5 Å². The number of para-hydroxylation sites is 1. The molecule has 0 aliphatic rings. The number of nitrogens with one attached hydrogen (secondary N) is 2. The van der Waals surface area contributed by atoms with Gasteiger partial charge in [-0.25, -0.2) is 10.8 Å². The molecule has 0 radical (unpaired) electrons. The molecule has 0 saturated carbocycles. The Kier molecular flexibility index (Phi) is 2.79. The summed E-state index contributed by atoms with van der Waals surface area (Å²) in [6.07, 6.45) is 0. The normalized spacial score (nSPS) is 10.5. The third-order valence-corrected chi connectivity index (χ3v) is 3.20. The van der Waals surface area contributed by atoms with E-state index < -0.39 is 0 Å². The Morgan fingerprint density at radius 3 is 2.78 bits per heavy atom. The van der Waals surface area contributed by atoms with Gasteiger partial charge in [0.2, 0.25) is 5.95 Å². The lowest BCUT2D eigenvalue weighted by Crippen LogP contribution is -2.11. The Morgan fingerprint density at radius 2 is 2.00 bits per heavy atom. The smallest absolute Gasteiger partial charge is 0.239 e. The van der Waals surface area contributed by atoms with Gasteiger partial charge in [-0.05, 0) is 23.6 Å². The molecule has 5 nitrogen and oxygen atoms in total. The van der Waals surface area contributed by atoms with Gasteiger partial charge in [-0.2, -0.15) is 16.3 Å². The average Bonchev–Trinajstić information content (AvgIpc) is 2.91. The van der Waals surface area contributed by atoms with Crippen LogP contribution in [-0.2, 0) is 0 Å². The second-order valence-electron chi connectivity index (χ2n) is 3.69. The number of aromatic nitrogens is 2. The van der Waals surface area contributed by atoms with Crippen LogP contribution >= 0.6 is 11.3 Å². The summed E-state index contributed by atoms with van der Waals surface area (Å²) in [5.41, 5.74) is 4.33. The van der Waals surface area contributed by atoms with Crippen molar-refractivity contribution in [3.8, 4) is 0 Å². The molecule has 0 amide bonds. The van der Waals surface area contributed by atoms with Crippen molar-refractivity contribution in [1.82, 2.24) is 9.97 Å². The minimum absolute atomic E-state index is 0.395. The Labute approximate surface area is 108 Å². The fourth-order valence-corrected chi connectivity index (χ4v) is 2.30. The van der Waals surface area contributed by atoms with Gasteiger partial charge in [0.1, 0.15) is 5.82 Å². The first kappa shape index (κ1) is 10.9. The van der Waals surface area contributed by atoms with Crippen molar-refractivity contribution in [1.29, 1.82) is 0 Å². The van der Waals surface area contributed by atoms with E-state index in [9.17, 15) is 0 Å². The van der Waals surface area contributed by atoms with E-state index in [0.717, 1.165) is 22.4 Å². The fourth-order valence-electron chi connectivity index (χ4n) is 1.71. The Hall–Kier alpha value is -2.18. The lowest BCUT2D eigenvalue weighted by molar-refractivity contribution is 1.15. The van der Waals surface area contributed by atoms with E-state index in [1.165, 1.54) is 0 Å². The molecule has 0 aliphatic carbocycles. The monoisotopic (exact) mass is 257 g/mol. The SMILES string of the molecule is NNc1nc(Nc2ccsc2)c2ccccc2n1. The second kappa shape index (κ2) is 4.59. The number of hydrogen-bond donors (Lipinski definition) is 3. The summed E-state index contributed by atoms with van der Waals surface area (Å²) in [6, 6.07) is 9.79. The van der Waals surface area contributed by atoms with Crippen LogP contribution < -0.4 is 16.6 Å². The maximum Gasteiger partial charge on any atom is 0.239 e. The molecule has 0 aliphatic heterocycles. The molecule has 0 unspecified atom stereocenters. The molecule has 0 atom stereocenters. The first-order valence-electron chi connectivity index (χ1n) is 5.39. The van der Waals surface area contributed by atoms with Gasteiger partial charge in [0, 0.05) is 10.8 Å². The van der Waals surface area contributed by atoms with Crippen LogP contribution in [0.5, 0.6) is 0 Å². The summed E-state index contributed by atoms with van der Waals surface area (Å²) in [5.74, 6) is 6.52. The second-order valence-corrected chi connectivity index (χ2v) is 4.47. The number of thiophene rings is 1. The molecule has 0 fully saturated rings. The predicted octanol–water partition coefficient (Wildman–Crippen LogP) is 2.72. The van der Waals surface area contributed by atoms with Crippen LogP contribution in [0.25, 0.3) is 10.9 Å². The maximum atomic E-state index is 5.38. The molecule has 3 rings (SSSR count). The Bertz CT molecular complexity index is 665. The van der Waals surface area contributed by atoms with Gasteiger partial charge in [-0.1, -0.05) is 12.1 Å². The average molecular weight is 257 g/mol. The topological polar surface area (TPSA) is 75.9 Å². The first-order chi connectivity index (χ1) is 8.86. The standard InChI is InChI=1S/C12H11N5S/c13-17-12-15-10-4-2-1-3-9(10)11(16-12)14-8-5-6-18-7-8/h1-7H,13H2,(H2,14,15,16,17). The molecule has 2 heterocycles. The Balaban J connectivity index is 2.13. The zero-order chi connectivity index (χ0) is 12.4. The van der Waals surface area contributed by atoms with Gasteiger partial charge in [-0.15, -0.1) is 0 Å². The summed E-state index contributed by atoms with van der Waals surface area (Å²) in [7, 11) is 0. The van der Waals surface area contributed by atoms with Gasteiger partial charge in [-0.3, -0.25) is 5.43 Å². The lowest BCUT2D eigenvalue weighted by atomic mass is 10.2.